The predicted octanol–water partition coefficient (Wildman–Crippen LogP) is -2.71. The van der Waals surface area contributed by atoms with Gasteiger partial charge >= 0.3 is 26.2 Å². The molecule has 0 nitrogen and oxygen atoms in total. The maximum Gasteiger partial charge on any atom is 3.00 e. The Bertz CT molecular complexity index is 325. The number of hydrogen-bond acceptors (Lipinski definition) is 0. The molecule has 2 aromatic rings. The molecule has 1 radical (unpaired) electrons. The maximum atomic E-state index is 2.17. The summed E-state index contributed by atoms with van der Waals surface area (Å²) < 4.78 is 0. The summed E-state index contributed by atoms with van der Waals surface area (Å²) in [6, 6.07) is 20.7. The van der Waals surface area contributed by atoms with Gasteiger partial charge in [0.2, 0.25) is 0 Å². The van der Waals surface area contributed by atoms with Crippen molar-refractivity contribution in [1.29, 1.82) is 0 Å². The van der Waals surface area contributed by atoms with Crippen LogP contribution in [0, 0.1) is 6.42 Å². The standard InChI is InChI=1S/C13H11.2ClH.Zr/c1-3-7-12(8-4-1)11-13-9-5-2-6-10-13;;;/h1-11H;2*1H;/q-1;;;+3/p-2. The normalized spacial score (nSPS) is 7.75. The molecule has 0 spiro atoms. The largest absolute Gasteiger partial charge is 3.00 e. The first-order valence-electron chi connectivity index (χ1n) is 4.40. The molecular formula is C13H11Cl2Zr. The second-order valence-electron chi connectivity index (χ2n) is 2.97. The van der Waals surface area contributed by atoms with Crippen LogP contribution in [0.1, 0.15) is 11.1 Å². The molecule has 0 aliphatic rings. The SMILES string of the molecule is [Cl-].[Cl-].[Zr+3].c1ccc([CH-]c2ccccc2)cc1. The third-order valence-electron chi connectivity index (χ3n) is 1.93. The molecule has 0 unspecified atom stereocenters. The average molecular weight is 329 g/mol. The Labute approximate surface area is 128 Å². The molecule has 2 rings (SSSR count). The molecule has 0 bridgehead atoms. The minimum absolute atomic E-state index is 0. The number of hydrogen-bond donors (Lipinski definition) is 0. The second-order valence-corrected chi connectivity index (χ2v) is 2.97. The van der Waals surface area contributed by atoms with E-state index in [2.05, 4.69) is 55.0 Å². The van der Waals surface area contributed by atoms with Crippen molar-refractivity contribution >= 4 is 0 Å². The van der Waals surface area contributed by atoms with Crippen LogP contribution in [-0.4, -0.2) is 0 Å². The predicted molar refractivity (Wildman–Crippen MR) is 55.4 cm³/mol. The van der Waals surface area contributed by atoms with Crippen LogP contribution in [0.2, 0.25) is 0 Å². The first-order valence-corrected chi connectivity index (χ1v) is 4.40. The van der Waals surface area contributed by atoms with Gasteiger partial charge in [-0.1, -0.05) is 36.4 Å². The van der Waals surface area contributed by atoms with E-state index in [0.29, 0.717) is 0 Å². The Morgan fingerprint density at radius 2 is 0.875 bits per heavy atom. The first-order chi connectivity index (χ1) is 6.45. The van der Waals surface area contributed by atoms with E-state index in [9.17, 15) is 0 Å². The summed E-state index contributed by atoms with van der Waals surface area (Å²) in [5.74, 6) is 0. The van der Waals surface area contributed by atoms with E-state index in [1.165, 1.54) is 11.1 Å². The van der Waals surface area contributed by atoms with Crippen molar-refractivity contribution in [2.45, 2.75) is 0 Å². The summed E-state index contributed by atoms with van der Waals surface area (Å²) in [4.78, 5) is 0. The van der Waals surface area contributed by atoms with E-state index in [0.717, 1.165) is 0 Å². The fourth-order valence-electron chi connectivity index (χ4n) is 1.29. The van der Waals surface area contributed by atoms with Gasteiger partial charge in [0.25, 0.3) is 0 Å². The van der Waals surface area contributed by atoms with Gasteiger partial charge in [-0.25, -0.2) is 0 Å². The molecule has 81 valence electrons. The van der Waals surface area contributed by atoms with Crippen LogP contribution in [0.4, 0.5) is 0 Å². The molecule has 0 heterocycles. The van der Waals surface area contributed by atoms with E-state index in [-0.39, 0.29) is 51.0 Å². The monoisotopic (exact) mass is 327 g/mol. The van der Waals surface area contributed by atoms with E-state index in [1.54, 1.807) is 0 Å². The summed E-state index contributed by atoms with van der Waals surface area (Å²) in [5.41, 5.74) is 2.49. The summed E-state index contributed by atoms with van der Waals surface area (Å²) in [6.07, 6.45) is 2.17. The van der Waals surface area contributed by atoms with Crippen LogP contribution < -0.4 is 24.8 Å². The molecule has 2 aromatic carbocycles. The Balaban J connectivity index is 0. The molecule has 0 saturated heterocycles. The average Bonchev–Trinajstić information content (AvgIpc) is 2.21. The number of halogens is 2. The van der Waals surface area contributed by atoms with Gasteiger partial charge in [0.15, 0.2) is 0 Å². The van der Waals surface area contributed by atoms with Crippen LogP contribution in [0.3, 0.4) is 0 Å². The smallest absolute Gasteiger partial charge is 1.00 e. The van der Waals surface area contributed by atoms with Crippen molar-refractivity contribution in [3.63, 3.8) is 0 Å². The molecular weight excluding hydrogens is 318 g/mol. The summed E-state index contributed by atoms with van der Waals surface area (Å²) in [5, 5.41) is 0. The molecule has 16 heavy (non-hydrogen) atoms. The maximum absolute atomic E-state index is 2.17. The zero-order valence-corrected chi connectivity index (χ0v) is 12.6. The van der Waals surface area contributed by atoms with Crippen LogP contribution in [0.25, 0.3) is 0 Å². The Morgan fingerprint density at radius 3 is 1.19 bits per heavy atom. The third-order valence-corrected chi connectivity index (χ3v) is 1.93. The minimum atomic E-state index is 0. The molecule has 0 amide bonds. The van der Waals surface area contributed by atoms with Crippen molar-refractivity contribution in [3.8, 4) is 0 Å². The van der Waals surface area contributed by atoms with Gasteiger partial charge in [0, 0.05) is 0 Å². The van der Waals surface area contributed by atoms with Crippen molar-refractivity contribution in [2.24, 2.45) is 0 Å². The second kappa shape index (κ2) is 9.96. The topological polar surface area (TPSA) is 0 Å². The van der Waals surface area contributed by atoms with Crippen LogP contribution in [-0.2, 0) is 26.2 Å². The van der Waals surface area contributed by atoms with E-state index in [1.807, 2.05) is 12.1 Å². The zero-order valence-electron chi connectivity index (χ0n) is 8.61. The third kappa shape index (κ3) is 5.75. The van der Waals surface area contributed by atoms with Crippen molar-refractivity contribution in [2.75, 3.05) is 0 Å². The fraction of sp³-hybridized carbons (Fsp3) is 0. The van der Waals surface area contributed by atoms with Gasteiger partial charge in [-0.05, 0) is 0 Å². The Kier molecular flexibility index (Phi) is 11.3. The molecule has 0 fully saturated rings. The fourth-order valence-corrected chi connectivity index (χ4v) is 1.29. The molecule has 0 aliphatic carbocycles. The van der Waals surface area contributed by atoms with E-state index >= 15 is 0 Å². The molecule has 0 saturated carbocycles. The number of rotatable bonds is 2. The molecule has 0 aromatic heterocycles. The van der Waals surface area contributed by atoms with E-state index < -0.39 is 0 Å². The van der Waals surface area contributed by atoms with Gasteiger partial charge in [-0.2, -0.15) is 0 Å². The van der Waals surface area contributed by atoms with Crippen LogP contribution in [0.5, 0.6) is 0 Å². The summed E-state index contributed by atoms with van der Waals surface area (Å²) in [7, 11) is 0. The van der Waals surface area contributed by atoms with Crippen molar-refractivity contribution in [3.05, 3.63) is 78.2 Å². The summed E-state index contributed by atoms with van der Waals surface area (Å²) >= 11 is 0. The van der Waals surface area contributed by atoms with Crippen LogP contribution in [0.15, 0.2) is 60.7 Å². The van der Waals surface area contributed by atoms with Crippen LogP contribution >= 0.6 is 0 Å². The quantitative estimate of drug-likeness (QED) is 0.526. The van der Waals surface area contributed by atoms with E-state index in [4.69, 9.17) is 0 Å². The summed E-state index contributed by atoms with van der Waals surface area (Å²) in [6.45, 7) is 0. The van der Waals surface area contributed by atoms with Crippen molar-refractivity contribution < 1.29 is 51.0 Å². The van der Waals surface area contributed by atoms with Gasteiger partial charge in [-0.3, -0.25) is 0 Å². The molecule has 0 aliphatic heterocycles. The first kappa shape index (κ1) is 18.1. The van der Waals surface area contributed by atoms with Gasteiger partial charge in [0.1, 0.15) is 0 Å². The molecule has 3 heteroatoms. The van der Waals surface area contributed by atoms with Gasteiger partial charge < -0.3 is 24.8 Å². The van der Waals surface area contributed by atoms with Gasteiger partial charge in [0.05, 0.1) is 0 Å². The molecule has 0 N–H and O–H groups in total. The molecule has 0 atom stereocenters. The minimum Gasteiger partial charge on any atom is -1.00 e. The van der Waals surface area contributed by atoms with Crippen molar-refractivity contribution in [1.82, 2.24) is 0 Å². The zero-order chi connectivity index (χ0) is 8.93. The number of benzene rings is 2. The van der Waals surface area contributed by atoms with Gasteiger partial charge in [-0.15, -0.1) is 41.8 Å². The Hall–Kier alpha value is -0.227. The Morgan fingerprint density at radius 1 is 0.562 bits per heavy atom.